The van der Waals surface area contributed by atoms with Crippen LogP contribution in [0, 0.1) is 18.3 Å². The molecule has 0 aliphatic carbocycles. The molecule has 0 amide bonds. The summed E-state index contributed by atoms with van der Waals surface area (Å²) in [7, 11) is 0. The number of nitriles is 1. The fraction of sp³-hybridized carbons (Fsp3) is 0.317. The molecule has 0 radical (unpaired) electrons. The molecule has 0 aliphatic heterocycles. The maximum atomic E-state index is 12.0. The molecule has 0 saturated carbocycles. The number of nitrogens with one attached hydrogen (secondary N) is 2. The van der Waals surface area contributed by atoms with Crippen molar-refractivity contribution in [3.63, 3.8) is 0 Å². The molecule has 2 atom stereocenters. The SMILES string of the molecule is Cc1c(COc2cc(OCc3cncc(C#N)c3)c(CNC(CCCN=C(N)N)C(=O)O)cc2Cl)cccc1-c1cccc(CN[C@@H](CCCN=C(N)N)C(=O)O)c1. The van der Waals surface area contributed by atoms with Crippen LogP contribution >= 0.6 is 11.6 Å². The Morgan fingerprint density at radius 3 is 2.09 bits per heavy atom. The smallest absolute Gasteiger partial charge is 0.320 e. The van der Waals surface area contributed by atoms with Gasteiger partial charge in [0, 0.05) is 55.8 Å². The highest BCUT2D eigenvalue weighted by molar-refractivity contribution is 6.32. The van der Waals surface area contributed by atoms with Crippen molar-refractivity contribution in [3.8, 4) is 28.7 Å². The number of aliphatic imine (C=N–C) groups is 2. The third-order valence-corrected chi connectivity index (χ3v) is 9.37. The number of pyridine rings is 1. The Kier molecular flexibility index (Phi) is 17.1. The zero-order chi connectivity index (χ0) is 42.0. The lowest BCUT2D eigenvalue weighted by molar-refractivity contribution is -0.140. The molecular formula is C41H49ClN10O6. The summed E-state index contributed by atoms with van der Waals surface area (Å²) < 4.78 is 12.5. The summed E-state index contributed by atoms with van der Waals surface area (Å²) in [6.07, 6.45) is 4.65. The van der Waals surface area contributed by atoms with Crippen LogP contribution in [0.25, 0.3) is 11.1 Å². The molecule has 1 aromatic heterocycles. The molecule has 1 unspecified atom stereocenters. The molecule has 0 aliphatic rings. The van der Waals surface area contributed by atoms with E-state index in [1.165, 1.54) is 6.20 Å². The molecule has 12 N–H and O–H groups in total. The Bertz CT molecular complexity index is 2130. The van der Waals surface area contributed by atoms with Crippen molar-refractivity contribution in [3.05, 3.63) is 111 Å². The van der Waals surface area contributed by atoms with Crippen molar-refractivity contribution < 1.29 is 29.3 Å². The topological polar surface area (TPSA) is 283 Å². The Balaban J connectivity index is 1.51. The van der Waals surface area contributed by atoms with Gasteiger partial charge in [0.1, 0.15) is 42.9 Å². The number of hydrogen-bond donors (Lipinski definition) is 8. The van der Waals surface area contributed by atoms with Gasteiger partial charge < -0.3 is 53.3 Å². The quantitative estimate of drug-likeness (QED) is 0.0299. The lowest BCUT2D eigenvalue weighted by Gasteiger charge is -2.19. The molecule has 16 nitrogen and oxygen atoms in total. The molecule has 4 rings (SSSR count). The Hall–Kier alpha value is -6.41. The summed E-state index contributed by atoms with van der Waals surface area (Å²) in [5.74, 6) is -1.32. The predicted octanol–water partition coefficient (Wildman–Crippen LogP) is 3.93. The van der Waals surface area contributed by atoms with E-state index in [0.717, 1.165) is 27.8 Å². The lowest BCUT2D eigenvalue weighted by atomic mass is 9.95. The fourth-order valence-electron chi connectivity index (χ4n) is 6.01. The minimum absolute atomic E-state index is 0.0265. The van der Waals surface area contributed by atoms with Crippen molar-refractivity contribution in [2.75, 3.05) is 13.1 Å². The van der Waals surface area contributed by atoms with E-state index in [4.69, 9.17) is 44.0 Å². The maximum Gasteiger partial charge on any atom is 0.320 e. The third kappa shape index (κ3) is 14.0. The van der Waals surface area contributed by atoms with Crippen molar-refractivity contribution >= 4 is 35.5 Å². The number of aliphatic carboxylic acids is 2. The molecule has 0 bridgehead atoms. The van der Waals surface area contributed by atoms with Gasteiger partial charge in [-0.2, -0.15) is 5.26 Å². The average molecular weight is 813 g/mol. The van der Waals surface area contributed by atoms with Crippen LogP contribution < -0.4 is 43.0 Å². The van der Waals surface area contributed by atoms with Gasteiger partial charge in [0.2, 0.25) is 0 Å². The second kappa shape index (κ2) is 22.4. The minimum Gasteiger partial charge on any atom is -0.488 e. The largest absolute Gasteiger partial charge is 0.488 e. The number of benzene rings is 3. The predicted molar refractivity (Wildman–Crippen MR) is 222 cm³/mol. The zero-order valence-corrected chi connectivity index (χ0v) is 32.9. The van der Waals surface area contributed by atoms with Crippen LogP contribution in [-0.4, -0.2) is 64.2 Å². The summed E-state index contributed by atoms with van der Waals surface area (Å²) in [6, 6.07) is 19.2. The molecule has 4 aromatic rings. The summed E-state index contributed by atoms with van der Waals surface area (Å²) in [5, 5.41) is 35.4. The fourth-order valence-corrected chi connectivity index (χ4v) is 6.25. The maximum absolute atomic E-state index is 12.0. The first kappa shape index (κ1) is 44.3. The number of hydrogen-bond acceptors (Lipinski definition) is 10. The monoisotopic (exact) mass is 812 g/mol. The molecule has 0 saturated heterocycles. The molecular weight excluding hydrogens is 764 g/mol. The number of guanidine groups is 2. The van der Waals surface area contributed by atoms with Crippen molar-refractivity contribution in [2.45, 2.75) is 71.0 Å². The van der Waals surface area contributed by atoms with Gasteiger partial charge in [0.05, 0.1) is 10.6 Å². The van der Waals surface area contributed by atoms with Gasteiger partial charge in [-0.25, -0.2) is 0 Å². The Labute approximate surface area is 341 Å². The minimum atomic E-state index is -1.03. The first-order chi connectivity index (χ1) is 27.8. The summed E-state index contributed by atoms with van der Waals surface area (Å²) >= 11 is 6.77. The first-order valence-electron chi connectivity index (χ1n) is 18.5. The molecule has 306 valence electrons. The number of carboxylic acid groups (broad SMARTS) is 2. The molecule has 58 heavy (non-hydrogen) atoms. The van der Waals surface area contributed by atoms with Crippen molar-refractivity contribution in [1.82, 2.24) is 15.6 Å². The van der Waals surface area contributed by atoms with E-state index in [1.807, 2.05) is 49.4 Å². The lowest BCUT2D eigenvalue weighted by Crippen LogP contribution is -2.36. The third-order valence-electron chi connectivity index (χ3n) is 9.08. The summed E-state index contributed by atoms with van der Waals surface area (Å²) in [6.45, 7) is 3.34. The second-order valence-electron chi connectivity index (χ2n) is 13.4. The van der Waals surface area contributed by atoms with Crippen LogP contribution in [0.5, 0.6) is 11.5 Å². The average Bonchev–Trinajstić information content (AvgIpc) is 3.19. The van der Waals surface area contributed by atoms with Gasteiger partial charge in [-0.15, -0.1) is 0 Å². The molecule has 1 heterocycles. The van der Waals surface area contributed by atoms with E-state index in [1.54, 1.807) is 24.4 Å². The van der Waals surface area contributed by atoms with Gasteiger partial charge in [0.15, 0.2) is 11.9 Å². The number of halogens is 1. The zero-order valence-electron chi connectivity index (χ0n) is 32.2. The Morgan fingerprint density at radius 1 is 0.810 bits per heavy atom. The van der Waals surface area contributed by atoms with Crippen LogP contribution in [0.2, 0.25) is 5.02 Å². The van der Waals surface area contributed by atoms with E-state index in [-0.39, 0.29) is 38.1 Å². The number of carbonyl (C=O) groups is 2. The van der Waals surface area contributed by atoms with E-state index in [0.29, 0.717) is 72.1 Å². The van der Waals surface area contributed by atoms with Gasteiger partial charge in [0.25, 0.3) is 0 Å². The standard InChI is InChI=1S/C41H49ClN10O6/c1-25-30(8-3-9-32(25)29-7-2-6-26(15-29)21-51-34(38(53)54)10-4-12-49-40(44)45)24-58-37-17-36(57-23-28-14-27(18-43)19-48-20-28)31(16-33(37)42)22-52-35(39(55)56)11-5-13-50-41(46)47/h2-3,6-9,14-17,19-20,34-35,51-52H,4-5,10-13,21-24H2,1H3,(H,53,54)(H,55,56)(H4,44,45,49)(H4,46,47,50)/t34-,35?/m0/s1. The number of rotatable bonds is 23. The van der Waals surface area contributed by atoms with Crippen molar-refractivity contribution in [1.29, 1.82) is 5.26 Å². The molecule has 0 fully saturated rings. The summed E-state index contributed by atoms with van der Waals surface area (Å²) in [5.41, 5.74) is 27.9. The first-order valence-corrected chi connectivity index (χ1v) is 18.8. The van der Waals surface area contributed by atoms with E-state index in [9.17, 15) is 25.1 Å². The van der Waals surface area contributed by atoms with Crippen LogP contribution in [0.3, 0.4) is 0 Å². The van der Waals surface area contributed by atoms with E-state index < -0.39 is 24.0 Å². The van der Waals surface area contributed by atoms with Crippen LogP contribution in [0.15, 0.2) is 83.0 Å². The van der Waals surface area contributed by atoms with Gasteiger partial charge >= 0.3 is 11.9 Å². The van der Waals surface area contributed by atoms with Crippen LogP contribution in [0.4, 0.5) is 0 Å². The molecule has 0 spiro atoms. The summed E-state index contributed by atoms with van der Waals surface area (Å²) in [4.78, 5) is 35.9. The highest BCUT2D eigenvalue weighted by atomic mass is 35.5. The number of nitrogens with zero attached hydrogens (tertiary/aromatic N) is 4. The number of nitrogens with two attached hydrogens (primary N) is 4. The van der Waals surface area contributed by atoms with Gasteiger partial charge in [-0.1, -0.05) is 48.0 Å². The van der Waals surface area contributed by atoms with Crippen molar-refractivity contribution in [2.24, 2.45) is 32.9 Å². The highest BCUT2D eigenvalue weighted by Gasteiger charge is 2.20. The molecule has 17 heteroatoms. The number of ether oxygens (including phenoxy) is 2. The second-order valence-corrected chi connectivity index (χ2v) is 13.8. The van der Waals surface area contributed by atoms with Gasteiger partial charge in [-0.05, 0) is 78.6 Å². The Morgan fingerprint density at radius 2 is 1.45 bits per heavy atom. The normalized spacial score (nSPS) is 11.8. The number of carboxylic acids is 2. The van der Waals surface area contributed by atoms with E-state index in [2.05, 4.69) is 31.7 Å². The highest BCUT2D eigenvalue weighted by Crippen LogP contribution is 2.35. The van der Waals surface area contributed by atoms with E-state index >= 15 is 0 Å². The van der Waals surface area contributed by atoms with Crippen LogP contribution in [-0.2, 0) is 35.9 Å². The van der Waals surface area contributed by atoms with Crippen LogP contribution in [0.1, 0.15) is 59.1 Å². The van der Waals surface area contributed by atoms with Gasteiger partial charge in [-0.3, -0.25) is 24.6 Å². The number of aromatic nitrogens is 1. The molecule has 3 aromatic carbocycles.